The van der Waals surface area contributed by atoms with Crippen LogP contribution in [0.3, 0.4) is 0 Å². The molecule has 0 spiro atoms. The van der Waals surface area contributed by atoms with Crippen molar-refractivity contribution >= 4 is 5.91 Å². The minimum atomic E-state index is -0.0179. The molecule has 1 fully saturated rings. The zero-order valence-electron chi connectivity index (χ0n) is 13.3. The topological polar surface area (TPSA) is 72.1 Å². The third-order valence-electron chi connectivity index (χ3n) is 4.81. The fourth-order valence-electron chi connectivity index (χ4n) is 3.67. The fraction of sp³-hybridized carbons (Fsp3) is 0.529. The molecule has 4 rings (SSSR count). The summed E-state index contributed by atoms with van der Waals surface area (Å²) in [5, 5.41) is 4.09. The van der Waals surface area contributed by atoms with Crippen LogP contribution in [0.1, 0.15) is 65.1 Å². The molecule has 23 heavy (non-hydrogen) atoms. The number of aryl methyl sites for hydroxylation is 2. The highest BCUT2D eigenvalue weighted by Crippen LogP contribution is 2.33. The number of hydrogen-bond donors (Lipinski definition) is 0. The fourth-order valence-corrected chi connectivity index (χ4v) is 3.67. The molecule has 2 aliphatic rings. The van der Waals surface area contributed by atoms with E-state index in [9.17, 15) is 4.79 Å². The molecule has 3 heterocycles. The third-order valence-corrected chi connectivity index (χ3v) is 4.81. The first-order valence-electron chi connectivity index (χ1n) is 8.32. The van der Waals surface area contributed by atoms with Gasteiger partial charge in [-0.25, -0.2) is 9.97 Å². The largest absolute Gasteiger partial charge is 0.360 e. The summed E-state index contributed by atoms with van der Waals surface area (Å²) in [6.07, 6.45) is 7.68. The lowest BCUT2D eigenvalue weighted by atomic mass is 9.96. The van der Waals surface area contributed by atoms with Crippen molar-refractivity contribution in [2.24, 2.45) is 0 Å². The minimum Gasteiger partial charge on any atom is -0.360 e. The lowest BCUT2D eigenvalue weighted by molar-refractivity contribution is 0.0721. The van der Waals surface area contributed by atoms with E-state index in [1.807, 2.05) is 17.9 Å². The van der Waals surface area contributed by atoms with Gasteiger partial charge in [-0.15, -0.1) is 0 Å². The van der Waals surface area contributed by atoms with Crippen LogP contribution in [0, 0.1) is 6.92 Å². The Kier molecular flexibility index (Phi) is 3.59. The molecule has 6 nitrogen and oxygen atoms in total. The summed E-state index contributed by atoms with van der Waals surface area (Å²) < 4.78 is 5.40. The number of rotatable bonds is 2. The maximum absolute atomic E-state index is 13.0. The number of carbonyl (C=O) groups is 1. The van der Waals surface area contributed by atoms with Gasteiger partial charge in [0.1, 0.15) is 11.6 Å². The summed E-state index contributed by atoms with van der Waals surface area (Å²) in [4.78, 5) is 23.6. The summed E-state index contributed by atoms with van der Waals surface area (Å²) in [6.45, 7) is 2.62. The van der Waals surface area contributed by atoms with Crippen molar-refractivity contribution in [3.8, 4) is 0 Å². The summed E-state index contributed by atoms with van der Waals surface area (Å²) in [7, 11) is 0. The van der Waals surface area contributed by atoms with E-state index in [1.54, 1.807) is 6.20 Å². The number of aromatic nitrogens is 3. The van der Waals surface area contributed by atoms with Gasteiger partial charge >= 0.3 is 0 Å². The number of nitrogens with zero attached hydrogens (tertiary/aromatic N) is 4. The van der Waals surface area contributed by atoms with E-state index >= 15 is 0 Å². The number of carbonyl (C=O) groups excluding carboxylic acids is 1. The molecule has 2 aromatic rings. The summed E-state index contributed by atoms with van der Waals surface area (Å²) in [5.74, 6) is 1.62. The van der Waals surface area contributed by atoms with Crippen LogP contribution in [0.4, 0.5) is 0 Å². The zero-order chi connectivity index (χ0) is 15.8. The molecule has 0 aromatic carbocycles. The quantitative estimate of drug-likeness (QED) is 0.852. The highest BCUT2D eigenvalue weighted by Gasteiger charge is 2.35. The smallest absolute Gasteiger partial charge is 0.276 e. The van der Waals surface area contributed by atoms with Crippen LogP contribution in [0.2, 0.25) is 0 Å². The highest BCUT2D eigenvalue weighted by atomic mass is 16.5. The van der Waals surface area contributed by atoms with Gasteiger partial charge in [-0.2, -0.15) is 0 Å². The zero-order valence-corrected chi connectivity index (χ0v) is 13.3. The van der Waals surface area contributed by atoms with Crippen molar-refractivity contribution in [3.63, 3.8) is 0 Å². The molecule has 1 saturated heterocycles. The Bertz CT molecular complexity index is 740. The Labute approximate surface area is 134 Å². The predicted molar refractivity (Wildman–Crippen MR) is 82.9 cm³/mol. The van der Waals surface area contributed by atoms with Gasteiger partial charge in [-0.05, 0) is 45.1 Å². The van der Waals surface area contributed by atoms with E-state index in [0.717, 1.165) is 67.9 Å². The molecule has 1 amide bonds. The molecular weight excluding hydrogens is 292 g/mol. The number of amides is 1. The van der Waals surface area contributed by atoms with Crippen LogP contribution in [0.5, 0.6) is 0 Å². The molecule has 0 bridgehead atoms. The lowest BCUT2D eigenvalue weighted by Crippen LogP contribution is -2.32. The molecule has 1 aliphatic heterocycles. The first-order chi connectivity index (χ1) is 11.2. The van der Waals surface area contributed by atoms with Gasteiger partial charge in [-0.3, -0.25) is 4.79 Å². The molecule has 1 atom stereocenters. The lowest BCUT2D eigenvalue weighted by Gasteiger charge is -2.24. The van der Waals surface area contributed by atoms with Gasteiger partial charge in [0, 0.05) is 24.7 Å². The molecule has 6 heteroatoms. The van der Waals surface area contributed by atoms with Crippen LogP contribution in [-0.4, -0.2) is 32.5 Å². The maximum atomic E-state index is 13.0. The molecule has 2 aromatic heterocycles. The van der Waals surface area contributed by atoms with E-state index in [4.69, 9.17) is 4.52 Å². The summed E-state index contributed by atoms with van der Waals surface area (Å²) >= 11 is 0. The maximum Gasteiger partial charge on any atom is 0.276 e. The second kappa shape index (κ2) is 5.76. The Morgan fingerprint density at radius 2 is 2.17 bits per heavy atom. The third kappa shape index (κ3) is 2.52. The first-order valence-corrected chi connectivity index (χ1v) is 8.32. The average molecular weight is 312 g/mol. The minimum absolute atomic E-state index is 0.0140. The standard InChI is InChI=1S/C17H20N4O2/c1-11-18-9-8-13(19-11)14-6-4-10-21(14)17(22)16-12-5-2-3-7-15(12)23-20-16/h8-9,14H,2-7,10H2,1H3/t14-/m1/s1. The van der Waals surface area contributed by atoms with E-state index < -0.39 is 0 Å². The molecule has 0 unspecified atom stereocenters. The van der Waals surface area contributed by atoms with Crippen LogP contribution in [0.25, 0.3) is 0 Å². The van der Waals surface area contributed by atoms with E-state index in [2.05, 4.69) is 15.1 Å². The van der Waals surface area contributed by atoms with Crippen LogP contribution >= 0.6 is 0 Å². The molecule has 0 radical (unpaired) electrons. The van der Waals surface area contributed by atoms with Crippen molar-refractivity contribution in [1.29, 1.82) is 0 Å². The SMILES string of the molecule is Cc1nccc([C@H]2CCCN2C(=O)c2noc3c2CCCC3)n1. The molecule has 1 aliphatic carbocycles. The Morgan fingerprint density at radius 1 is 1.30 bits per heavy atom. The highest BCUT2D eigenvalue weighted by molar-refractivity contribution is 5.94. The first kappa shape index (κ1) is 14.4. The van der Waals surface area contributed by atoms with Crippen LogP contribution < -0.4 is 0 Å². The van der Waals surface area contributed by atoms with Gasteiger partial charge in [0.05, 0.1) is 11.7 Å². The number of fused-ring (bicyclic) bond motifs is 1. The van der Waals surface area contributed by atoms with Crippen molar-refractivity contribution < 1.29 is 9.32 Å². The molecule has 120 valence electrons. The van der Waals surface area contributed by atoms with Crippen molar-refractivity contribution in [2.45, 2.75) is 51.5 Å². The molecule has 0 saturated carbocycles. The Morgan fingerprint density at radius 3 is 3.04 bits per heavy atom. The second-order valence-electron chi connectivity index (χ2n) is 6.33. The van der Waals surface area contributed by atoms with E-state index in [1.165, 1.54) is 0 Å². The molecule has 0 N–H and O–H groups in total. The average Bonchev–Trinajstić information content (AvgIpc) is 3.21. The molecular formula is C17H20N4O2. The summed E-state index contributed by atoms with van der Waals surface area (Å²) in [6, 6.07) is 1.92. The van der Waals surface area contributed by atoms with Gasteiger partial charge in [-0.1, -0.05) is 5.16 Å². The monoisotopic (exact) mass is 312 g/mol. The van der Waals surface area contributed by atoms with E-state index in [0.29, 0.717) is 5.69 Å². The predicted octanol–water partition coefficient (Wildman–Crippen LogP) is 2.63. The van der Waals surface area contributed by atoms with Gasteiger partial charge in [0.2, 0.25) is 0 Å². The van der Waals surface area contributed by atoms with Crippen molar-refractivity contribution in [3.05, 3.63) is 40.8 Å². The second-order valence-corrected chi connectivity index (χ2v) is 6.33. The van der Waals surface area contributed by atoms with E-state index in [-0.39, 0.29) is 11.9 Å². The van der Waals surface area contributed by atoms with Gasteiger partial charge < -0.3 is 9.42 Å². The Hall–Kier alpha value is -2.24. The van der Waals surface area contributed by atoms with Crippen molar-refractivity contribution in [2.75, 3.05) is 6.54 Å². The normalized spacial score (nSPS) is 20.6. The van der Waals surface area contributed by atoms with Gasteiger partial charge in [0.15, 0.2) is 5.69 Å². The van der Waals surface area contributed by atoms with Crippen LogP contribution in [-0.2, 0) is 12.8 Å². The van der Waals surface area contributed by atoms with Crippen molar-refractivity contribution in [1.82, 2.24) is 20.0 Å². The number of likely N-dealkylation sites (tertiary alicyclic amines) is 1. The van der Waals surface area contributed by atoms with Crippen LogP contribution in [0.15, 0.2) is 16.8 Å². The Balaban J connectivity index is 1.64. The van der Waals surface area contributed by atoms with Gasteiger partial charge in [0.25, 0.3) is 5.91 Å². The number of hydrogen-bond acceptors (Lipinski definition) is 5. The summed E-state index contributed by atoms with van der Waals surface area (Å²) in [5.41, 5.74) is 2.45.